The largest absolute Gasteiger partial charge is 0.462 e. The zero-order chi connectivity index (χ0) is 25.6. The van der Waals surface area contributed by atoms with Crippen LogP contribution in [0.15, 0.2) is 36.4 Å². The molecule has 3 saturated heterocycles. The molecule has 0 spiro atoms. The van der Waals surface area contributed by atoms with Crippen LogP contribution >= 0.6 is 0 Å². The number of anilines is 2. The molecule has 1 aromatic heterocycles. The fourth-order valence-electron chi connectivity index (χ4n) is 7.23. The minimum absolute atomic E-state index is 0. The Labute approximate surface area is 227 Å². The van der Waals surface area contributed by atoms with Gasteiger partial charge in [-0.2, -0.15) is 9.97 Å². The SMILES string of the molecule is Cc1cccc2cccc(N3CCc4c(nc(OC[C@@H]5CCCN5C)nc4N4CC5CCCC(C4)N5)C3)c12.[HH]. The summed E-state index contributed by atoms with van der Waals surface area (Å²) < 4.78 is 6.36. The van der Waals surface area contributed by atoms with Crippen LogP contribution in [0.2, 0.25) is 0 Å². The Bertz CT molecular complexity index is 1320. The van der Waals surface area contributed by atoms with Gasteiger partial charge in [0.15, 0.2) is 0 Å². The van der Waals surface area contributed by atoms with Crippen molar-refractivity contribution in [2.75, 3.05) is 49.6 Å². The predicted octanol–water partition coefficient (Wildman–Crippen LogP) is 4.55. The zero-order valence-electron chi connectivity index (χ0n) is 22.8. The van der Waals surface area contributed by atoms with E-state index in [4.69, 9.17) is 14.7 Å². The van der Waals surface area contributed by atoms with E-state index in [1.807, 2.05) is 0 Å². The van der Waals surface area contributed by atoms with Crippen LogP contribution in [-0.4, -0.2) is 72.8 Å². The summed E-state index contributed by atoms with van der Waals surface area (Å²) in [5, 5.41) is 6.49. The van der Waals surface area contributed by atoms with Crippen LogP contribution in [0, 0.1) is 6.92 Å². The minimum atomic E-state index is 0. The Morgan fingerprint density at radius 2 is 1.79 bits per heavy atom. The van der Waals surface area contributed by atoms with Gasteiger partial charge in [-0.1, -0.05) is 36.8 Å². The molecular formula is C31H42N6O. The number of benzene rings is 2. The van der Waals surface area contributed by atoms with Crippen LogP contribution in [0.25, 0.3) is 10.8 Å². The van der Waals surface area contributed by atoms with E-state index in [2.05, 4.69) is 70.4 Å². The second kappa shape index (κ2) is 10.0. The molecule has 3 atom stereocenters. The number of nitrogens with one attached hydrogen (secondary N) is 1. The van der Waals surface area contributed by atoms with E-state index in [0.29, 0.717) is 30.7 Å². The van der Waals surface area contributed by atoms with Crippen molar-refractivity contribution < 1.29 is 6.16 Å². The van der Waals surface area contributed by atoms with Crippen LogP contribution < -0.4 is 19.9 Å². The average molecular weight is 515 g/mol. The van der Waals surface area contributed by atoms with Gasteiger partial charge in [0.1, 0.15) is 12.4 Å². The number of likely N-dealkylation sites (N-methyl/N-ethyl adjacent to an activating group) is 1. The highest BCUT2D eigenvalue weighted by Crippen LogP contribution is 2.36. The standard InChI is InChI=1S/C31H40N6O.H2/c1-21-7-3-8-22-9-4-13-28(29(21)22)36-16-14-26-27(19-36)33-31(38-20-25-12-6-15-35(25)2)34-30(26)37-17-23-10-5-11-24(18-37)32-23;/h3-4,7-9,13,23-25,32H,5-6,10-12,14-20H2,1-2H3;1H/t23?,24?,25-;/m0./s1. The molecule has 4 aliphatic rings. The molecule has 7 nitrogen and oxygen atoms in total. The van der Waals surface area contributed by atoms with Crippen LogP contribution in [0.5, 0.6) is 6.01 Å². The van der Waals surface area contributed by atoms with Gasteiger partial charge in [-0.3, -0.25) is 0 Å². The number of ether oxygens (including phenoxy) is 1. The summed E-state index contributed by atoms with van der Waals surface area (Å²) in [7, 11) is 2.20. The first-order chi connectivity index (χ1) is 18.6. The van der Waals surface area contributed by atoms with E-state index in [1.165, 1.54) is 59.7 Å². The highest BCUT2D eigenvalue weighted by atomic mass is 16.5. The third-order valence-electron chi connectivity index (χ3n) is 9.29. The van der Waals surface area contributed by atoms with Crippen molar-refractivity contribution in [3.8, 4) is 6.01 Å². The highest BCUT2D eigenvalue weighted by Gasteiger charge is 2.34. The molecule has 38 heavy (non-hydrogen) atoms. The number of hydrogen-bond donors (Lipinski definition) is 1. The quantitative estimate of drug-likeness (QED) is 0.536. The first-order valence-corrected chi connectivity index (χ1v) is 14.6. The van der Waals surface area contributed by atoms with Crippen molar-refractivity contribution in [3.05, 3.63) is 53.2 Å². The zero-order valence-corrected chi connectivity index (χ0v) is 22.8. The highest BCUT2D eigenvalue weighted by molar-refractivity contribution is 5.97. The summed E-state index contributed by atoms with van der Waals surface area (Å²) in [6, 6.07) is 15.4. The summed E-state index contributed by atoms with van der Waals surface area (Å²) >= 11 is 0. The number of piperidine rings is 1. The van der Waals surface area contributed by atoms with E-state index >= 15 is 0 Å². The summed E-state index contributed by atoms with van der Waals surface area (Å²) in [6.07, 6.45) is 7.23. The number of fused-ring (bicyclic) bond motifs is 4. The van der Waals surface area contributed by atoms with Crippen LogP contribution in [-0.2, 0) is 13.0 Å². The number of hydrogen-bond acceptors (Lipinski definition) is 7. The third kappa shape index (κ3) is 4.50. The normalized spacial score (nSPS) is 25.6. The van der Waals surface area contributed by atoms with Crippen molar-refractivity contribution in [3.63, 3.8) is 0 Å². The van der Waals surface area contributed by atoms with E-state index < -0.39 is 0 Å². The Hall–Kier alpha value is -2.90. The first-order valence-electron chi connectivity index (χ1n) is 14.6. The van der Waals surface area contributed by atoms with Crippen molar-refractivity contribution in [1.82, 2.24) is 20.2 Å². The molecule has 1 N–H and O–H groups in total. The average Bonchev–Trinajstić information content (AvgIpc) is 3.35. The molecule has 4 aliphatic heterocycles. The lowest BCUT2D eigenvalue weighted by atomic mass is 9.93. The summed E-state index contributed by atoms with van der Waals surface area (Å²) in [5.41, 5.74) is 5.08. The summed E-state index contributed by atoms with van der Waals surface area (Å²) in [6.45, 7) is 7.84. The molecule has 3 fully saturated rings. The number of piperazine rings is 1. The lowest BCUT2D eigenvalue weighted by Crippen LogP contribution is -2.59. The molecule has 7 heteroatoms. The molecule has 202 valence electrons. The molecule has 2 unspecified atom stereocenters. The monoisotopic (exact) mass is 514 g/mol. The predicted molar refractivity (Wildman–Crippen MR) is 156 cm³/mol. The third-order valence-corrected chi connectivity index (χ3v) is 9.29. The molecule has 5 heterocycles. The molecule has 7 rings (SSSR count). The van der Waals surface area contributed by atoms with Crippen molar-refractivity contribution in [2.45, 2.75) is 70.1 Å². The van der Waals surface area contributed by atoms with Gasteiger partial charge in [0, 0.05) is 55.8 Å². The molecule has 2 aromatic carbocycles. The summed E-state index contributed by atoms with van der Waals surface area (Å²) in [5.74, 6) is 1.12. The maximum absolute atomic E-state index is 6.36. The maximum atomic E-state index is 6.36. The second-order valence-corrected chi connectivity index (χ2v) is 11.9. The smallest absolute Gasteiger partial charge is 0.318 e. The minimum Gasteiger partial charge on any atom is -0.462 e. The molecule has 0 aliphatic carbocycles. The van der Waals surface area contributed by atoms with E-state index in [0.717, 1.165) is 50.7 Å². The molecule has 3 aromatic rings. The van der Waals surface area contributed by atoms with Crippen molar-refractivity contribution in [1.29, 1.82) is 0 Å². The fraction of sp³-hybridized carbons (Fsp3) is 0.548. The second-order valence-electron chi connectivity index (χ2n) is 11.9. The molecule has 2 bridgehead atoms. The Kier molecular flexibility index (Phi) is 6.36. The van der Waals surface area contributed by atoms with Gasteiger partial charge in [-0.15, -0.1) is 0 Å². The van der Waals surface area contributed by atoms with Crippen LogP contribution in [0.4, 0.5) is 11.5 Å². The lowest BCUT2D eigenvalue weighted by Gasteiger charge is -2.44. The fourth-order valence-corrected chi connectivity index (χ4v) is 7.23. The summed E-state index contributed by atoms with van der Waals surface area (Å²) in [4.78, 5) is 17.6. The number of aryl methyl sites for hydroxylation is 1. The van der Waals surface area contributed by atoms with Gasteiger partial charge in [-0.05, 0) is 69.6 Å². The van der Waals surface area contributed by atoms with Crippen molar-refractivity contribution in [2.24, 2.45) is 0 Å². The van der Waals surface area contributed by atoms with E-state index in [-0.39, 0.29) is 1.43 Å². The Balaban J connectivity index is 0.00000277. The topological polar surface area (TPSA) is 56.8 Å². The molecular weight excluding hydrogens is 472 g/mol. The molecule has 0 saturated carbocycles. The van der Waals surface area contributed by atoms with Gasteiger partial charge < -0.3 is 24.8 Å². The Morgan fingerprint density at radius 1 is 0.974 bits per heavy atom. The van der Waals surface area contributed by atoms with Gasteiger partial charge in [0.2, 0.25) is 0 Å². The lowest BCUT2D eigenvalue weighted by molar-refractivity contribution is 0.187. The van der Waals surface area contributed by atoms with Gasteiger partial charge in [0.05, 0.1) is 12.2 Å². The maximum Gasteiger partial charge on any atom is 0.318 e. The Morgan fingerprint density at radius 3 is 2.58 bits per heavy atom. The van der Waals surface area contributed by atoms with Crippen LogP contribution in [0.1, 0.15) is 50.4 Å². The van der Waals surface area contributed by atoms with Crippen LogP contribution in [0.3, 0.4) is 0 Å². The van der Waals surface area contributed by atoms with E-state index in [1.54, 1.807) is 0 Å². The van der Waals surface area contributed by atoms with Crippen molar-refractivity contribution >= 4 is 22.3 Å². The molecule has 0 radical (unpaired) electrons. The van der Waals surface area contributed by atoms with Gasteiger partial charge in [0.25, 0.3) is 0 Å². The van der Waals surface area contributed by atoms with Gasteiger partial charge in [-0.25, -0.2) is 0 Å². The number of nitrogens with zero attached hydrogens (tertiary/aromatic N) is 5. The number of rotatable bonds is 5. The van der Waals surface area contributed by atoms with Gasteiger partial charge >= 0.3 is 6.01 Å². The number of likely N-dealkylation sites (tertiary alicyclic amines) is 1. The first kappa shape index (κ1) is 24.2. The number of aromatic nitrogens is 2. The molecule has 0 amide bonds. The van der Waals surface area contributed by atoms with E-state index in [9.17, 15) is 0 Å².